The number of hydrogen-bond donors (Lipinski definition) is 3. The van der Waals surface area contributed by atoms with Crippen molar-refractivity contribution in [1.29, 1.82) is 0 Å². The molecule has 1 unspecified atom stereocenters. The third-order valence-corrected chi connectivity index (χ3v) is 7.67. The Morgan fingerprint density at radius 1 is 1.16 bits per heavy atom. The lowest BCUT2D eigenvalue weighted by atomic mass is 10.00. The summed E-state index contributed by atoms with van der Waals surface area (Å²) in [4.78, 5) is 19.8. The van der Waals surface area contributed by atoms with Crippen molar-refractivity contribution in [3.05, 3.63) is 65.2 Å². The van der Waals surface area contributed by atoms with E-state index in [9.17, 15) is 18.3 Å². The third-order valence-electron chi connectivity index (χ3n) is 6.34. The van der Waals surface area contributed by atoms with Crippen LogP contribution < -0.4 is 15.2 Å². The van der Waals surface area contributed by atoms with Gasteiger partial charge in [-0.1, -0.05) is 24.3 Å². The van der Waals surface area contributed by atoms with E-state index in [0.717, 1.165) is 48.6 Å². The Kier molecular flexibility index (Phi) is 8.60. The second-order valence-electron chi connectivity index (χ2n) is 9.42. The van der Waals surface area contributed by atoms with Gasteiger partial charge in [0, 0.05) is 24.3 Å². The van der Waals surface area contributed by atoms with Crippen LogP contribution in [0.15, 0.2) is 53.4 Å². The molecule has 3 aromatic rings. The quantitative estimate of drug-likeness (QED) is 0.347. The summed E-state index contributed by atoms with van der Waals surface area (Å²) < 4.78 is 40.3. The second kappa shape index (κ2) is 11.9. The predicted octanol–water partition coefficient (Wildman–Crippen LogP) is 3.92. The largest absolute Gasteiger partial charge is 0.478 e. The van der Waals surface area contributed by atoms with Crippen LogP contribution in [0.2, 0.25) is 0 Å². The molecule has 0 bridgehead atoms. The molecule has 1 aromatic heterocycles. The summed E-state index contributed by atoms with van der Waals surface area (Å²) in [5, 5.41) is 9.25. The van der Waals surface area contributed by atoms with E-state index >= 15 is 0 Å². The maximum atomic E-state index is 13.1. The minimum absolute atomic E-state index is 0.0989. The number of anilines is 1. The molecule has 2 atom stereocenters. The van der Waals surface area contributed by atoms with Crippen molar-refractivity contribution in [2.24, 2.45) is 5.73 Å². The van der Waals surface area contributed by atoms with Gasteiger partial charge in [0.1, 0.15) is 6.61 Å². The van der Waals surface area contributed by atoms with Gasteiger partial charge >= 0.3 is 5.97 Å². The fourth-order valence-electron chi connectivity index (χ4n) is 4.46. The van der Waals surface area contributed by atoms with Crippen LogP contribution in [-0.2, 0) is 14.8 Å². The highest BCUT2D eigenvalue weighted by molar-refractivity contribution is 7.92. The molecule has 1 saturated heterocycles. The summed E-state index contributed by atoms with van der Waals surface area (Å²) in [5.41, 5.74) is 9.34. The van der Waals surface area contributed by atoms with Gasteiger partial charge in [0.05, 0.1) is 22.3 Å². The van der Waals surface area contributed by atoms with E-state index in [2.05, 4.69) is 14.7 Å². The van der Waals surface area contributed by atoms with E-state index in [1.807, 2.05) is 32.0 Å². The lowest BCUT2D eigenvalue weighted by Gasteiger charge is -2.25. The number of nitrogens with zero attached hydrogens (tertiary/aromatic N) is 2. The number of aryl methyl sites for hydroxylation is 2. The second-order valence-corrected chi connectivity index (χ2v) is 11.1. The SMILES string of the molecule is Cc1cccc(C)c1-c1cc(OCC(N)C[C@H]2CCCCO2)nc(NS(=O)(=O)c2cccc(C(=O)O)c2)n1. The van der Waals surface area contributed by atoms with Crippen molar-refractivity contribution < 1.29 is 27.8 Å². The number of hydrogen-bond acceptors (Lipinski definition) is 8. The van der Waals surface area contributed by atoms with Crippen LogP contribution in [0.25, 0.3) is 11.3 Å². The number of benzene rings is 2. The molecule has 0 saturated carbocycles. The van der Waals surface area contributed by atoms with E-state index in [1.165, 1.54) is 18.2 Å². The molecule has 4 N–H and O–H groups in total. The maximum Gasteiger partial charge on any atom is 0.335 e. The molecule has 4 rings (SSSR count). The van der Waals surface area contributed by atoms with E-state index in [4.69, 9.17) is 15.2 Å². The summed E-state index contributed by atoms with van der Waals surface area (Å²) in [5.74, 6) is -1.28. The molecule has 2 heterocycles. The van der Waals surface area contributed by atoms with Gasteiger partial charge in [-0.2, -0.15) is 4.98 Å². The molecule has 1 aliphatic rings. The molecule has 0 radical (unpaired) electrons. The van der Waals surface area contributed by atoms with Crippen LogP contribution >= 0.6 is 0 Å². The molecule has 38 heavy (non-hydrogen) atoms. The van der Waals surface area contributed by atoms with Crippen LogP contribution in [0, 0.1) is 13.8 Å². The summed E-state index contributed by atoms with van der Waals surface area (Å²) >= 11 is 0. The number of aromatic carboxylic acids is 1. The van der Waals surface area contributed by atoms with Crippen molar-refractivity contribution >= 4 is 21.9 Å². The van der Waals surface area contributed by atoms with E-state index in [0.29, 0.717) is 12.1 Å². The first kappa shape index (κ1) is 27.5. The smallest absolute Gasteiger partial charge is 0.335 e. The Morgan fingerprint density at radius 3 is 2.58 bits per heavy atom. The molecule has 2 aromatic carbocycles. The average Bonchev–Trinajstić information content (AvgIpc) is 2.88. The zero-order valence-electron chi connectivity index (χ0n) is 21.4. The van der Waals surface area contributed by atoms with E-state index in [-0.39, 0.29) is 41.0 Å². The Balaban J connectivity index is 1.62. The number of carboxylic acid groups (broad SMARTS) is 1. The first-order chi connectivity index (χ1) is 18.1. The Hall–Kier alpha value is -3.54. The molecule has 0 aliphatic carbocycles. The van der Waals surface area contributed by atoms with Gasteiger partial charge in [-0.15, -0.1) is 0 Å². The van der Waals surface area contributed by atoms with Gasteiger partial charge in [0.15, 0.2) is 0 Å². The van der Waals surface area contributed by atoms with Crippen molar-refractivity contribution in [3.63, 3.8) is 0 Å². The van der Waals surface area contributed by atoms with Crippen LogP contribution in [0.5, 0.6) is 5.88 Å². The third kappa shape index (κ3) is 6.85. The number of carboxylic acids is 1. The first-order valence-corrected chi connectivity index (χ1v) is 13.9. The normalized spacial score (nSPS) is 16.6. The minimum atomic E-state index is -4.19. The molecule has 0 amide bonds. The van der Waals surface area contributed by atoms with Gasteiger partial charge in [-0.05, 0) is 68.9 Å². The molecular weight excluding hydrogens is 508 g/mol. The lowest BCUT2D eigenvalue weighted by molar-refractivity contribution is 0.00479. The fraction of sp³-hybridized carbons (Fsp3) is 0.370. The van der Waals surface area contributed by atoms with Gasteiger partial charge in [-0.25, -0.2) is 22.9 Å². The van der Waals surface area contributed by atoms with Gasteiger partial charge < -0.3 is 20.3 Å². The zero-order valence-corrected chi connectivity index (χ0v) is 22.2. The van der Waals surface area contributed by atoms with Crippen molar-refractivity contribution in [1.82, 2.24) is 9.97 Å². The van der Waals surface area contributed by atoms with E-state index < -0.39 is 16.0 Å². The van der Waals surface area contributed by atoms with Crippen LogP contribution in [0.4, 0.5) is 5.95 Å². The molecule has 1 fully saturated rings. The number of sulfonamides is 1. The van der Waals surface area contributed by atoms with Crippen LogP contribution in [0.3, 0.4) is 0 Å². The fourth-order valence-corrected chi connectivity index (χ4v) is 5.45. The monoisotopic (exact) mass is 540 g/mol. The van der Waals surface area contributed by atoms with Crippen LogP contribution in [0.1, 0.15) is 47.2 Å². The summed E-state index contributed by atoms with van der Waals surface area (Å²) in [6.45, 7) is 4.77. The summed E-state index contributed by atoms with van der Waals surface area (Å²) in [6, 6.07) is 12.2. The number of ether oxygens (including phenoxy) is 2. The number of carbonyl (C=O) groups is 1. The predicted molar refractivity (Wildman–Crippen MR) is 143 cm³/mol. The molecular formula is C27H32N4O6S. The number of aromatic nitrogens is 2. The van der Waals surface area contributed by atoms with Crippen molar-refractivity contribution in [2.45, 2.75) is 56.6 Å². The van der Waals surface area contributed by atoms with Crippen molar-refractivity contribution in [2.75, 3.05) is 17.9 Å². The first-order valence-electron chi connectivity index (χ1n) is 12.4. The Labute approximate surface area is 222 Å². The maximum absolute atomic E-state index is 13.1. The molecule has 11 heteroatoms. The molecule has 10 nitrogen and oxygen atoms in total. The molecule has 202 valence electrons. The molecule has 0 spiro atoms. The highest BCUT2D eigenvalue weighted by Crippen LogP contribution is 2.29. The Morgan fingerprint density at radius 2 is 1.89 bits per heavy atom. The number of nitrogens with one attached hydrogen (secondary N) is 1. The number of nitrogens with two attached hydrogens (primary N) is 1. The standard InChI is InChI=1S/C27H32N4O6S/c1-17-7-5-8-18(2)25(17)23-15-24(37-16-20(28)14-21-10-3-4-12-36-21)30-27(29-23)31-38(34,35)22-11-6-9-19(13-22)26(32)33/h5-9,11,13,15,20-21H,3-4,10,12,14,16,28H2,1-2H3,(H,32,33)(H,29,30,31)/t20?,21-/m1/s1. The van der Waals surface area contributed by atoms with Gasteiger partial charge in [0.2, 0.25) is 11.8 Å². The summed E-state index contributed by atoms with van der Waals surface area (Å²) in [7, 11) is -4.19. The highest BCUT2D eigenvalue weighted by atomic mass is 32.2. The topological polar surface area (TPSA) is 154 Å². The lowest BCUT2D eigenvalue weighted by Crippen LogP contribution is -2.34. The minimum Gasteiger partial charge on any atom is -0.478 e. The zero-order chi connectivity index (χ0) is 27.3. The number of rotatable bonds is 10. The Bertz CT molecular complexity index is 1390. The van der Waals surface area contributed by atoms with E-state index in [1.54, 1.807) is 6.07 Å². The average molecular weight is 541 g/mol. The van der Waals surface area contributed by atoms with Gasteiger partial charge in [0.25, 0.3) is 10.0 Å². The summed E-state index contributed by atoms with van der Waals surface area (Å²) in [6.07, 6.45) is 3.88. The van der Waals surface area contributed by atoms with Crippen LogP contribution in [-0.4, -0.2) is 54.8 Å². The highest BCUT2D eigenvalue weighted by Gasteiger charge is 2.21. The van der Waals surface area contributed by atoms with Crippen molar-refractivity contribution in [3.8, 4) is 17.1 Å². The molecule has 1 aliphatic heterocycles. The van der Waals surface area contributed by atoms with Gasteiger partial charge in [-0.3, -0.25) is 0 Å².